The van der Waals surface area contributed by atoms with Gasteiger partial charge >= 0.3 is 0 Å². The maximum atomic E-state index is 11.7. The Kier molecular flexibility index (Phi) is 6.98. The lowest BCUT2D eigenvalue weighted by Crippen LogP contribution is -2.35. The molecule has 0 radical (unpaired) electrons. The maximum absolute atomic E-state index is 11.7. The molecule has 0 aromatic heterocycles. The number of aliphatic hydroxyl groups excluding tert-OH is 1. The average Bonchev–Trinajstić information content (AvgIpc) is 2.36. The van der Waals surface area contributed by atoms with Gasteiger partial charge < -0.3 is 10.4 Å². The molecule has 0 aliphatic rings. The van der Waals surface area contributed by atoms with Crippen LogP contribution in [-0.4, -0.2) is 23.7 Å². The Morgan fingerprint density at radius 3 is 2.89 bits per heavy atom. The molecule has 1 rings (SSSR count). The SMILES string of the molecule is CCC(CCO)NC(=O)CCc1cccc(Br)c1. The lowest BCUT2D eigenvalue weighted by molar-refractivity contribution is -0.121. The zero-order valence-electron chi connectivity index (χ0n) is 10.7. The van der Waals surface area contributed by atoms with Crippen LogP contribution in [0, 0.1) is 0 Å². The second kappa shape index (κ2) is 8.27. The standard InChI is InChI=1S/C14H20BrNO2/c1-2-13(8-9-17)16-14(18)7-6-11-4-3-5-12(15)10-11/h3-5,10,13,17H,2,6-9H2,1H3,(H,16,18). The summed E-state index contributed by atoms with van der Waals surface area (Å²) in [6, 6.07) is 8.07. The third-order valence-electron chi connectivity index (χ3n) is 2.87. The first kappa shape index (κ1) is 15.2. The molecule has 0 bridgehead atoms. The van der Waals surface area contributed by atoms with Crippen LogP contribution in [-0.2, 0) is 11.2 Å². The normalized spacial score (nSPS) is 12.2. The first-order valence-corrected chi connectivity index (χ1v) is 7.09. The zero-order valence-corrected chi connectivity index (χ0v) is 12.2. The van der Waals surface area contributed by atoms with Gasteiger partial charge in [0.2, 0.25) is 5.91 Å². The van der Waals surface area contributed by atoms with Crippen LogP contribution in [0.3, 0.4) is 0 Å². The van der Waals surface area contributed by atoms with E-state index in [1.807, 2.05) is 31.2 Å². The van der Waals surface area contributed by atoms with Crippen LogP contribution in [0.15, 0.2) is 28.7 Å². The van der Waals surface area contributed by atoms with Gasteiger partial charge in [-0.15, -0.1) is 0 Å². The summed E-state index contributed by atoms with van der Waals surface area (Å²) in [5.74, 6) is 0.0512. The monoisotopic (exact) mass is 313 g/mol. The number of halogens is 1. The highest BCUT2D eigenvalue weighted by molar-refractivity contribution is 9.10. The number of benzene rings is 1. The second-order valence-corrected chi connectivity index (χ2v) is 5.23. The number of hydrogen-bond acceptors (Lipinski definition) is 2. The minimum Gasteiger partial charge on any atom is -0.396 e. The summed E-state index contributed by atoms with van der Waals surface area (Å²) in [6.07, 6.45) is 2.70. The molecule has 100 valence electrons. The molecule has 3 nitrogen and oxygen atoms in total. The van der Waals surface area contributed by atoms with Gasteiger partial charge in [-0.25, -0.2) is 0 Å². The molecule has 2 N–H and O–H groups in total. The van der Waals surface area contributed by atoms with E-state index in [0.29, 0.717) is 12.8 Å². The van der Waals surface area contributed by atoms with Crippen molar-refractivity contribution in [1.29, 1.82) is 0 Å². The van der Waals surface area contributed by atoms with E-state index in [0.717, 1.165) is 22.9 Å². The van der Waals surface area contributed by atoms with E-state index in [2.05, 4.69) is 21.2 Å². The van der Waals surface area contributed by atoms with Gasteiger partial charge in [-0.1, -0.05) is 35.0 Å². The molecule has 1 unspecified atom stereocenters. The molecule has 1 atom stereocenters. The Bertz CT molecular complexity index is 382. The maximum Gasteiger partial charge on any atom is 0.220 e. The molecule has 0 saturated carbocycles. The lowest BCUT2D eigenvalue weighted by atomic mass is 10.1. The molecular weight excluding hydrogens is 294 g/mol. The molecule has 0 saturated heterocycles. The van der Waals surface area contributed by atoms with Gasteiger partial charge in [-0.2, -0.15) is 0 Å². The molecule has 0 spiro atoms. The first-order valence-electron chi connectivity index (χ1n) is 6.30. The topological polar surface area (TPSA) is 49.3 Å². The number of hydrogen-bond donors (Lipinski definition) is 2. The number of aryl methyl sites for hydroxylation is 1. The molecule has 0 aliphatic heterocycles. The van der Waals surface area contributed by atoms with Crippen LogP contribution in [0.25, 0.3) is 0 Å². The first-order chi connectivity index (χ1) is 8.65. The van der Waals surface area contributed by atoms with Gasteiger partial charge in [0, 0.05) is 23.5 Å². The van der Waals surface area contributed by atoms with Crippen LogP contribution >= 0.6 is 15.9 Å². The zero-order chi connectivity index (χ0) is 13.4. The van der Waals surface area contributed by atoms with Crippen LogP contribution in [0.4, 0.5) is 0 Å². The van der Waals surface area contributed by atoms with E-state index >= 15 is 0 Å². The van der Waals surface area contributed by atoms with Crippen molar-refractivity contribution in [3.63, 3.8) is 0 Å². The summed E-state index contributed by atoms with van der Waals surface area (Å²) in [6.45, 7) is 2.12. The summed E-state index contributed by atoms with van der Waals surface area (Å²) in [7, 11) is 0. The van der Waals surface area contributed by atoms with Crippen molar-refractivity contribution in [3.05, 3.63) is 34.3 Å². The van der Waals surface area contributed by atoms with Gasteiger partial charge in [-0.05, 0) is 37.0 Å². The van der Waals surface area contributed by atoms with Crippen LogP contribution in [0.5, 0.6) is 0 Å². The van der Waals surface area contributed by atoms with Crippen molar-refractivity contribution in [2.45, 2.75) is 38.6 Å². The molecule has 1 aromatic rings. The molecule has 0 aliphatic carbocycles. The fourth-order valence-corrected chi connectivity index (χ4v) is 2.23. The quantitative estimate of drug-likeness (QED) is 0.813. The highest BCUT2D eigenvalue weighted by Gasteiger charge is 2.09. The van der Waals surface area contributed by atoms with E-state index in [-0.39, 0.29) is 18.6 Å². The summed E-state index contributed by atoms with van der Waals surface area (Å²) in [4.78, 5) is 11.7. The third-order valence-corrected chi connectivity index (χ3v) is 3.36. The highest BCUT2D eigenvalue weighted by atomic mass is 79.9. The Hall–Kier alpha value is -0.870. The third kappa shape index (κ3) is 5.65. The van der Waals surface area contributed by atoms with Crippen molar-refractivity contribution in [1.82, 2.24) is 5.32 Å². The Morgan fingerprint density at radius 1 is 1.50 bits per heavy atom. The fraction of sp³-hybridized carbons (Fsp3) is 0.500. The van der Waals surface area contributed by atoms with Gasteiger partial charge in [-0.3, -0.25) is 4.79 Å². The number of nitrogens with one attached hydrogen (secondary N) is 1. The number of carbonyl (C=O) groups excluding carboxylic acids is 1. The van der Waals surface area contributed by atoms with E-state index in [1.165, 1.54) is 0 Å². The Labute approximate surface area is 117 Å². The lowest BCUT2D eigenvalue weighted by Gasteiger charge is -2.15. The van der Waals surface area contributed by atoms with Crippen molar-refractivity contribution in [2.75, 3.05) is 6.61 Å². The minimum atomic E-state index is 0.0512. The van der Waals surface area contributed by atoms with Crippen LogP contribution < -0.4 is 5.32 Å². The van der Waals surface area contributed by atoms with E-state index in [9.17, 15) is 4.79 Å². The second-order valence-electron chi connectivity index (χ2n) is 4.31. The number of amides is 1. The van der Waals surface area contributed by atoms with Gasteiger partial charge in [0.05, 0.1) is 0 Å². The van der Waals surface area contributed by atoms with Crippen molar-refractivity contribution in [2.24, 2.45) is 0 Å². The van der Waals surface area contributed by atoms with Gasteiger partial charge in [0.15, 0.2) is 0 Å². The summed E-state index contributed by atoms with van der Waals surface area (Å²) < 4.78 is 1.03. The highest BCUT2D eigenvalue weighted by Crippen LogP contribution is 2.13. The largest absolute Gasteiger partial charge is 0.396 e. The summed E-state index contributed by atoms with van der Waals surface area (Å²) in [5.41, 5.74) is 1.15. The number of carbonyl (C=O) groups is 1. The fourth-order valence-electron chi connectivity index (χ4n) is 1.78. The smallest absolute Gasteiger partial charge is 0.220 e. The van der Waals surface area contributed by atoms with Crippen LogP contribution in [0.1, 0.15) is 31.7 Å². The molecule has 0 heterocycles. The Morgan fingerprint density at radius 2 is 2.28 bits per heavy atom. The molecule has 0 fully saturated rings. The number of rotatable bonds is 7. The molecule has 1 amide bonds. The van der Waals surface area contributed by atoms with Gasteiger partial charge in [0.25, 0.3) is 0 Å². The predicted octanol–water partition coefficient (Wildman–Crippen LogP) is 2.66. The Balaban J connectivity index is 2.36. The van der Waals surface area contributed by atoms with E-state index in [4.69, 9.17) is 5.11 Å². The summed E-state index contributed by atoms with van der Waals surface area (Å²) >= 11 is 3.41. The van der Waals surface area contributed by atoms with Crippen molar-refractivity contribution >= 4 is 21.8 Å². The number of aliphatic hydroxyl groups is 1. The molecule has 4 heteroatoms. The predicted molar refractivity (Wildman–Crippen MR) is 76.4 cm³/mol. The van der Waals surface area contributed by atoms with Crippen LogP contribution in [0.2, 0.25) is 0 Å². The molecule has 1 aromatic carbocycles. The van der Waals surface area contributed by atoms with Crippen molar-refractivity contribution in [3.8, 4) is 0 Å². The van der Waals surface area contributed by atoms with E-state index < -0.39 is 0 Å². The van der Waals surface area contributed by atoms with E-state index in [1.54, 1.807) is 0 Å². The van der Waals surface area contributed by atoms with Crippen molar-refractivity contribution < 1.29 is 9.90 Å². The molecular formula is C14H20BrNO2. The van der Waals surface area contributed by atoms with Gasteiger partial charge in [0.1, 0.15) is 0 Å². The average molecular weight is 314 g/mol. The summed E-state index contributed by atoms with van der Waals surface area (Å²) in [5, 5.41) is 11.8. The molecule has 18 heavy (non-hydrogen) atoms. The minimum absolute atomic E-state index is 0.0512.